The van der Waals surface area contributed by atoms with E-state index in [0.29, 0.717) is 17.7 Å². The molecule has 1 N–H and O–H groups in total. The minimum Gasteiger partial charge on any atom is -0.772 e. The third-order valence-electron chi connectivity index (χ3n) is 5.83. The Morgan fingerprint density at radius 1 is 1.14 bits per heavy atom. The van der Waals surface area contributed by atoms with Crippen LogP contribution in [0.25, 0.3) is 22.0 Å². The van der Waals surface area contributed by atoms with E-state index < -0.39 is 17.0 Å². The molecule has 0 aliphatic heterocycles. The summed E-state index contributed by atoms with van der Waals surface area (Å²) in [7, 11) is 0. The van der Waals surface area contributed by atoms with E-state index in [4.69, 9.17) is 4.74 Å². The van der Waals surface area contributed by atoms with Gasteiger partial charge in [0.25, 0.3) is 0 Å². The monoisotopic (exact) mass is 485 g/mol. The van der Waals surface area contributed by atoms with Crippen LogP contribution >= 0.6 is 0 Å². The molecule has 1 atom stereocenters. The van der Waals surface area contributed by atoms with Gasteiger partial charge in [-0.15, -0.1) is 0 Å². The molecule has 3 aromatic carbocycles. The Morgan fingerprint density at radius 3 is 2.69 bits per heavy atom. The molecule has 0 saturated heterocycles. The minimum absolute atomic E-state index is 0.0614. The van der Waals surface area contributed by atoms with Gasteiger partial charge in [0.15, 0.2) is 0 Å². The molecule has 4 rings (SSSR count). The number of para-hydroxylation sites is 1. The topological polar surface area (TPSA) is 95.1 Å². The predicted molar refractivity (Wildman–Crippen MR) is 138 cm³/mol. The molecule has 35 heavy (non-hydrogen) atoms. The summed E-state index contributed by atoms with van der Waals surface area (Å²) in [4.78, 5) is 12.1. The van der Waals surface area contributed by atoms with Crippen molar-refractivity contribution in [2.45, 2.75) is 26.0 Å². The van der Waals surface area contributed by atoms with Crippen LogP contribution in [0.2, 0.25) is 0 Å². The maximum Gasteiger partial charge on any atom is 0.335 e. The number of H-pyrrole nitrogens is 1. The second kappa shape index (κ2) is 10.6. The SMILES string of the molecule is C=CC(=O)Oc1ccccc1/C(=C(\CC)c1cc(CS(=O)[O-])ccc1C)c1ccc2[nH]ncc2c1. The molecule has 0 spiro atoms. The van der Waals surface area contributed by atoms with Crippen LogP contribution in [0.3, 0.4) is 0 Å². The van der Waals surface area contributed by atoms with Crippen molar-refractivity contribution in [3.05, 3.63) is 107 Å². The highest BCUT2D eigenvalue weighted by Gasteiger charge is 2.19. The summed E-state index contributed by atoms with van der Waals surface area (Å²) in [6, 6.07) is 19.1. The number of allylic oxidation sites excluding steroid dienone is 1. The molecule has 0 bridgehead atoms. The molecule has 0 saturated carbocycles. The lowest BCUT2D eigenvalue weighted by molar-refractivity contribution is -0.128. The van der Waals surface area contributed by atoms with Crippen molar-refractivity contribution in [1.29, 1.82) is 0 Å². The number of aromatic amines is 1. The fourth-order valence-corrected chi connectivity index (χ4v) is 4.68. The molecule has 4 aromatic rings. The van der Waals surface area contributed by atoms with Crippen LogP contribution in [0.1, 0.15) is 41.2 Å². The number of fused-ring (bicyclic) bond motifs is 1. The van der Waals surface area contributed by atoms with Crippen molar-refractivity contribution in [3.8, 4) is 5.75 Å². The Labute approximate surface area is 206 Å². The van der Waals surface area contributed by atoms with Gasteiger partial charge in [-0.2, -0.15) is 5.10 Å². The lowest BCUT2D eigenvalue weighted by Crippen LogP contribution is -2.06. The maximum atomic E-state index is 12.1. The van der Waals surface area contributed by atoms with E-state index in [1.54, 1.807) is 12.3 Å². The van der Waals surface area contributed by atoms with Gasteiger partial charge in [0, 0.05) is 22.8 Å². The average molecular weight is 486 g/mol. The molecule has 6 nitrogen and oxygen atoms in total. The van der Waals surface area contributed by atoms with E-state index in [-0.39, 0.29) is 5.75 Å². The molecule has 1 aromatic heterocycles. The first kappa shape index (κ1) is 24.3. The summed E-state index contributed by atoms with van der Waals surface area (Å²) in [5.74, 6) is -0.190. The first-order chi connectivity index (χ1) is 16.9. The number of hydrogen-bond acceptors (Lipinski definition) is 5. The normalized spacial score (nSPS) is 12.8. The highest BCUT2D eigenvalue weighted by molar-refractivity contribution is 7.78. The summed E-state index contributed by atoms with van der Waals surface area (Å²) in [6.07, 6.45) is 3.56. The van der Waals surface area contributed by atoms with Crippen molar-refractivity contribution in [2.75, 3.05) is 0 Å². The Hall–Kier alpha value is -3.81. The minimum atomic E-state index is -2.20. The first-order valence-electron chi connectivity index (χ1n) is 11.2. The fourth-order valence-electron chi connectivity index (χ4n) is 4.22. The molecule has 0 amide bonds. The van der Waals surface area contributed by atoms with Gasteiger partial charge in [-0.25, -0.2) is 4.79 Å². The van der Waals surface area contributed by atoms with Crippen LogP contribution in [0.4, 0.5) is 0 Å². The zero-order chi connectivity index (χ0) is 24.9. The van der Waals surface area contributed by atoms with Crippen molar-refractivity contribution in [1.82, 2.24) is 10.2 Å². The number of rotatable bonds is 8. The zero-order valence-electron chi connectivity index (χ0n) is 19.5. The Morgan fingerprint density at radius 2 is 1.94 bits per heavy atom. The smallest absolute Gasteiger partial charge is 0.335 e. The molecular weight excluding hydrogens is 460 g/mol. The van der Waals surface area contributed by atoms with E-state index in [1.807, 2.05) is 61.5 Å². The van der Waals surface area contributed by atoms with Crippen molar-refractivity contribution in [2.24, 2.45) is 0 Å². The van der Waals surface area contributed by atoms with E-state index in [9.17, 15) is 13.6 Å². The average Bonchev–Trinajstić information content (AvgIpc) is 3.32. The van der Waals surface area contributed by atoms with Crippen molar-refractivity contribution < 1.29 is 18.3 Å². The second-order valence-electron chi connectivity index (χ2n) is 8.10. The van der Waals surface area contributed by atoms with Gasteiger partial charge >= 0.3 is 5.97 Å². The molecule has 178 valence electrons. The van der Waals surface area contributed by atoms with Gasteiger partial charge in [0.05, 0.1) is 11.7 Å². The summed E-state index contributed by atoms with van der Waals surface area (Å²) >= 11 is -2.20. The molecule has 0 aliphatic carbocycles. The standard InChI is InChI=1S/C28H26N2O4S/c1-4-22(24-14-19(17-35(32)33)11-10-18(24)3)28(20-12-13-25-21(15-20)16-29-30-25)23-8-6-7-9-26(23)34-27(31)5-2/h5-16H,2,4,17H2,1,3H3,(H,29,30)(H,32,33)/p-1/b28-22+. The Kier molecular flexibility index (Phi) is 7.39. The van der Waals surface area contributed by atoms with Gasteiger partial charge in [-0.1, -0.05) is 67.0 Å². The van der Waals surface area contributed by atoms with Crippen molar-refractivity contribution >= 4 is 39.1 Å². The first-order valence-corrected chi connectivity index (χ1v) is 12.4. The number of carbonyl (C=O) groups is 1. The number of hydrogen-bond donors (Lipinski definition) is 1. The summed E-state index contributed by atoms with van der Waals surface area (Å²) in [6.45, 7) is 7.57. The number of aryl methyl sites for hydroxylation is 1. The molecule has 7 heteroatoms. The lowest BCUT2D eigenvalue weighted by Gasteiger charge is -2.20. The fraction of sp³-hybridized carbons (Fsp3) is 0.143. The van der Waals surface area contributed by atoms with Crippen LogP contribution in [0, 0.1) is 6.92 Å². The third kappa shape index (κ3) is 5.31. The summed E-state index contributed by atoms with van der Waals surface area (Å²) in [5, 5.41) is 8.06. The third-order valence-corrected chi connectivity index (χ3v) is 6.40. The van der Waals surface area contributed by atoms with Crippen LogP contribution < -0.4 is 4.74 Å². The van der Waals surface area contributed by atoms with E-state index >= 15 is 0 Å². The number of ether oxygens (including phenoxy) is 1. The number of esters is 1. The van der Waals surface area contributed by atoms with Gasteiger partial charge in [-0.05, 0) is 64.9 Å². The second-order valence-corrected chi connectivity index (χ2v) is 8.99. The lowest BCUT2D eigenvalue weighted by atomic mass is 9.85. The van der Waals surface area contributed by atoms with Crippen molar-refractivity contribution in [3.63, 3.8) is 0 Å². The number of benzene rings is 3. The van der Waals surface area contributed by atoms with E-state index in [0.717, 1.165) is 50.4 Å². The van der Waals surface area contributed by atoms with Gasteiger partial charge in [0.2, 0.25) is 0 Å². The molecule has 0 fully saturated rings. The highest BCUT2D eigenvalue weighted by atomic mass is 32.2. The number of nitrogens with one attached hydrogen (secondary N) is 1. The molecule has 0 radical (unpaired) electrons. The summed E-state index contributed by atoms with van der Waals surface area (Å²) < 4.78 is 28.4. The number of nitrogens with zero attached hydrogens (tertiary/aromatic N) is 1. The predicted octanol–water partition coefficient (Wildman–Crippen LogP) is 5.71. The molecule has 1 heterocycles. The van der Waals surface area contributed by atoms with Crippen LogP contribution in [0.5, 0.6) is 5.75 Å². The van der Waals surface area contributed by atoms with E-state index in [1.165, 1.54) is 0 Å². The molecular formula is C28H25N2O4S-. The Balaban J connectivity index is 2.04. The van der Waals surface area contributed by atoms with Gasteiger partial charge < -0.3 is 9.29 Å². The number of aromatic nitrogens is 2. The quantitative estimate of drug-likeness (QED) is 0.113. The number of carbonyl (C=O) groups excluding carboxylic acids is 1. The van der Waals surface area contributed by atoms with Gasteiger partial charge in [0.1, 0.15) is 5.75 Å². The van der Waals surface area contributed by atoms with Crippen LogP contribution in [0.15, 0.2) is 79.5 Å². The van der Waals surface area contributed by atoms with Crippen LogP contribution in [-0.4, -0.2) is 24.9 Å². The Bertz CT molecular complexity index is 1470. The molecule has 1 unspecified atom stereocenters. The highest BCUT2D eigenvalue weighted by Crippen LogP contribution is 2.40. The zero-order valence-corrected chi connectivity index (χ0v) is 20.4. The maximum absolute atomic E-state index is 12.1. The van der Waals surface area contributed by atoms with Crippen LogP contribution in [-0.2, 0) is 21.6 Å². The summed E-state index contributed by atoms with van der Waals surface area (Å²) in [5.41, 5.74) is 7.16. The van der Waals surface area contributed by atoms with Gasteiger partial charge in [-0.3, -0.25) is 9.31 Å². The molecule has 0 aliphatic rings. The van der Waals surface area contributed by atoms with E-state index in [2.05, 4.69) is 23.7 Å². The largest absolute Gasteiger partial charge is 0.772 e.